The minimum Gasteiger partial charge on any atom is -0.478 e. The summed E-state index contributed by atoms with van der Waals surface area (Å²) in [5.41, 5.74) is 6.96. The van der Waals surface area contributed by atoms with Crippen molar-refractivity contribution in [2.75, 3.05) is 4.90 Å². The number of nitrogens with zero attached hydrogens (tertiary/aromatic N) is 3. The molecule has 1 heterocycles. The maximum Gasteiger partial charge on any atom is 0.328 e. The molecule has 0 aliphatic heterocycles. The summed E-state index contributed by atoms with van der Waals surface area (Å²) in [5.74, 6) is -0.977. The highest BCUT2D eigenvalue weighted by Crippen LogP contribution is 2.33. The van der Waals surface area contributed by atoms with Crippen LogP contribution < -0.4 is 4.90 Å². The zero-order valence-corrected chi connectivity index (χ0v) is 20.4. The van der Waals surface area contributed by atoms with Crippen molar-refractivity contribution in [3.63, 3.8) is 0 Å². The average molecular weight is 494 g/mol. The van der Waals surface area contributed by atoms with E-state index in [1.807, 2.05) is 78.6 Å². The zero-order valence-electron chi connectivity index (χ0n) is 19.7. The number of carboxylic acids is 1. The van der Waals surface area contributed by atoms with Gasteiger partial charge in [0.05, 0.1) is 11.7 Å². The van der Waals surface area contributed by atoms with Crippen LogP contribution in [0.4, 0.5) is 11.4 Å². The molecular formula is C30H24ClN3O2. The number of anilines is 2. The van der Waals surface area contributed by atoms with Crippen LogP contribution >= 0.6 is 11.6 Å². The predicted molar refractivity (Wildman–Crippen MR) is 147 cm³/mol. The van der Waals surface area contributed by atoms with Crippen molar-refractivity contribution < 1.29 is 9.90 Å². The van der Waals surface area contributed by atoms with E-state index in [9.17, 15) is 4.79 Å². The van der Waals surface area contributed by atoms with Crippen LogP contribution in [-0.2, 0) is 18.4 Å². The maximum atomic E-state index is 11.0. The van der Waals surface area contributed by atoms with Crippen molar-refractivity contribution in [1.82, 2.24) is 9.78 Å². The lowest BCUT2D eigenvalue weighted by Crippen LogP contribution is -2.16. The molecule has 6 heteroatoms. The van der Waals surface area contributed by atoms with Crippen molar-refractivity contribution in [1.29, 1.82) is 0 Å². The number of aryl methyl sites for hydroxylation is 1. The number of aromatic nitrogens is 2. The molecule has 0 atom stereocenters. The fourth-order valence-corrected chi connectivity index (χ4v) is 4.51. The van der Waals surface area contributed by atoms with Crippen LogP contribution in [0.3, 0.4) is 0 Å². The highest BCUT2D eigenvalue weighted by Gasteiger charge is 2.14. The first-order valence-corrected chi connectivity index (χ1v) is 11.9. The Morgan fingerprint density at radius 1 is 0.944 bits per heavy atom. The molecule has 0 saturated heterocycles. The van der Waals surface area contributed by atoms with Crippen molar-refractivity contribution in [3.05, 3.63) is 119 Å². The van der Waals surface area contributed by atoms with E-state index in [0.29, 0.717) is 11.6 Å². The lowest BCUT2D eigenvalue weighted by Gasteiger charge is -2.26. The molecule has 0 spiro atoms. The SMILES string of the molecule is Cn1ncc2cc(-c3ccc(CN(c4ccccc4)c4cccc(/C=C/C(=O)O)c4)c(Cl)c3)ccc21. The Labute approximate surface area is 214 Å². The Morgan fingerprint density at radius 2 is 1.69 bits per heavy atom. The van der Waals surface area contributed by atoms with Crippen LogP contribution in [0.5, 0.6) is 0 Å². The highest BCUT2D eigenvalue weighted by atomic mass is 35.5. The number of halogens is 1. The first kappa shape index (κ1) is 23.4. The summed E-state index contributed by atoms with van der Waals surface area (Å²) < 4.78 is 1.86. The Hall–Kier alpha value is -4.35. The Morgan fingerprint density at radius 3 is 2.47 bits per heavy atom. The van der Waals surface area contributed by atoms with Gasteiger partial charge >= 0.3 is 5.97 Å². The van der Waals surface area contributed by atoms with E-state index in [1.165, 1.54) is 0 Å². The third-order valence-electron chi connectivity index (χ3n) is 6.13. The average Bonchev–Trinajstić information content (AvgIpc) is 3.27. The second-order valence-corrected chi connectivity index (χ2v) is 8.94. The molecule has 4 aromatic carbocycles. The molecule has 5 rings (SSSR count). The second-order valence-electron chi connectivity index (χ2n) is 8.54. The number of hydrogen-bond acceptors (Lipinski definition) is 3. The van der Waals surface area contributed by atoms with E-state index in [-0.39, 0.29) is 0 Å². The van der Waals surface area contributed by atoms with Gasteiger partial charge in [0.25, 0.3) is 0 Å². The summed E-state index contributed by atoms with van der Waals surface area (Å²) in [7, 11) is 1.93. The van der Waals surface area contributed by atoms with Crippen molar-refractivity contribution in [2.24, 2.45) is 7.05 Å². The summed E-state index contributed by atoms with van der Waals surface area (Å²) in [5, 5.41) is 15.1. The quantitative estimate of drug-likeness (QED) is 0.241. The Balaban J connectivity index is 1.48. The van der Waals surface area contributed by atoms with Crippen LogP contribution in [0, 0.1) is 0 Å². The highest BCUT2D eigenvalue weighted by molar-refractivity contribution is 6.31. The molecule has 5 aromatic rings. The van der Waals surface area contributed by atoms with Gasteiger partial charge in [-0.05, 0) is 70.8 Å². The minimum absolute atomic E-state index is 0.552. The lowest BCUT2D eigenvalue weighted by atomic mass is 10.0. The molecule has 0 aliphatic carbocycles. The summed E-state index contributed by atoms with van der Waals surface area (Å²) in [6.07, 6.45) is 4.60. The van der Waals surface area contributed by atoms with E-state index in [1.54, 1.807) is 6.08 Å². The molecule has 0 amide bonds. The zero-order chi connectivity index (χ0) is 25.1. The van der Waals surface area contributed by atoms with Crippen LogP contribution in [0.1, 0.15) is 11.1 Å². The standard InChI is InChI=1S/C30H24ClN3O2/c1-33-29-14-13-22(17-25(29)19-32-33)23-11-12-24(28(31)18-23)20-34(26-7-3-2-4-8-26)27-9-5-6-21(16-27)10-15-30(35)36/h2-19H,20H2,1H3,(H,35,36)/b15-10+. The summed E-state index contributed by atoms with van der Waals surface area (Å²) in [4.78, 5) is 13.1. The molecule has 1 N–H and O–H groups in total. The van der Waals surface area contributed by atoms with Gasteiger partial charge < -0.3 is 10.0 Å². The molecule has 1 aromatic heterocycles. The Kier molecular flexibility index (Phi) is 6.56. The second kappa shape index (κ2) is 10.1. The van der Waals surface area contributed by atoms with Gasteiger partial charge in [-0.25, -0.2) is 4.79 Å². The van der Waals surface area contributed by atoms with Gasteiger partial charge in [-0.15, -0.1) is 0 Å². The molecule has 0 unspecified atom stereocenters. The van der Waals surface area contributed by atoms with Gasteiger partial charge in [0.2, 0.25) is 0 Å². The number of benzene rings is 4. The molecule has 0 radical (unpaired) electrons. The number of aliphatic carboxylic acids is 1. The monoisotopic (exact) mass is 493 g/mol. The number of carbonyl (C=O) groups is 1. The van der Waals surface area contributed by atoms with Gasteiger partial charge in [-0.1, -0.05) is 60.1 Å². The van der Waals surface area contributed by atoms with Gasteiger partial charge in [-0.2, -0.15) is 5.10 Å². The van der Waals surface area contributed by atoms with Crippen LogP contribution in [-0.4, -0.2) is 20.9 Å². The lowest BCUT2D eigenvalue weighted by molar-refractivity contribution is -0.131. The summed E-state index contributed by atoms with van der Waals surface area (Å²) in [6, 6.07) is 30.3. The summed E-state index contributed by atoms with van der Waals surface area (Å²) >= 11 is 6.82. The third kappa shape index (κ3) is 5.02. The summed E-state index contributed by atoms with van der Waals surface area (Å²) in [6.45, 7) is 0.552. The van der Waals surface area contributed by atoms with E-state index < -0.39 is 5.97 Å². The van der Waals surface area contributed by atoms with E-state index in [2.05, 4.69) is 40.3 Å². The molecule has 178 valence electrons. The fourth-order valence-electron chi connectivity index (χ4n) is 4.27. The van der Waals surface area contributed by atoms with E-state index >= 15 is 0 Å². The number of carboxylic acid groups (broad SMARTS) is 1. The van der Waals surface area contributed by atoms with E-state index in [4.69, 9.17) is 16.7 Å². The van der Waals surface area contributed by atoms with Crippen molar-refractivity contribution in [2.45, 2.75) is 6.54 Å². The predicted octanol–water partition coefficient (Wildman–Crippen LogP) is 7.33. The molecule has 0 saturated carbocycles. The van der Waals surface area contributed by atoms with Crippen molar-refractivity contribution in [3.8, 4) is 11.1 Å². The topological polar surface area (TPSA) is 58.4 Å². The largest absolute Gasteiger partial charge is 0.478 e. The van der Waals surface area contributed by atoms with Gasteiger partial charge in [0.15, 0.2) is 0 Å². The molecule has 5 nitrogen and oxygen atoms in total. The van der Waals surface area contributed by atoms with Gasteiger partial charge in [0.1, 0.15) is 0 Å². The number of rotatable bonds is 7. The first-order chi connectivity index (χ1) is 17.5. The van der Waals surface area contributed by atoms with E-state index in [0.717, 1.165) is 50.6 Å². The van der Waals surface area contributed by atoms with Gasteiger partial charge in [-0.3, -0.25) is 4.68 Å². The molecule has 36 heavy (non-hydrogen) atoms. The fraction of sp³-hybridized carbons (Fsp3) is 0.0667. The maximum absolute atomic E-state index is 11.0. The van der Waals surface area contributed by atoms with Gasteiger partial charge in [0, 0.05) is 41.5 Å². The number of para-hydroxylation sites is 1. The molecule has 0 aliphatic rings. The molecular weight excluding hydrogens is 470 g/mol. The third-order valence-corrected chi connectivity index (χ3v) is 6.48. The number of hydrogen-bond donors (Lipinski definition) is 1. The van der Waals surface area contributed by atoms with Crippen molar-refractivity contribution >= 4 is 45.9 Å². The van der Waals surface area contributed by atoms with Crippen LogP contribution in [0.25, 0.3) is 28.1 Å². The number of fused-ring (bicyclic) bond motifs is 1. The first-order valence-electron chi connectivity index (χ1n) is 11.5. The minimum atomic E-state index is -0.977. The smallest absolute Gasteiger partial charge is 0.328 e. The van der Waals surface area contributed by atoms with Crippen LogP contribution in [0.2, 0.25) is 5.02 Å². The molecule has 0 bridgehead atoms. The molecule has 0 fully saturated rings. The van der Waals surface area contributed by atoms with Crippen LogP contribution in [0.15, 0.2) is 103 Å². The normalized spacial score (nSPS) is 11.3. The Bertz CT molecular complexity index is 1570.